The summed E-state index contributed by atoms with van der Waals surface area (Å²) >= 11 is 0. The topological polar surface area (TPSA) is 221 Å². The van der Waals surface area contributed by atoms with Crippen LogP contribution in [0.15, 0.2) is 194 Å². The van der Waals surface area contributed by atoms with E-state index in [2.05, 4.69) is 54.5 Å². The van der Waals surface area contributed by atoms with Crippen LogP contribution >= 0.6 is 0 Å². The van der Waals surface area contributed by atoms with Crippen molar-refractivity contribution in [3.8, 4) is 0 Å². The molecule has 0 unspecified atom stereocenters. The maximum atomic E-state index is 15.2. The molecule has 0 radical (unpaired) electrons. The van der Waals surface area contributed by atoms with E-state index in [-0.39, 0.29) is 73.3 Å². The summed E-state index contributed by atoms with van der Waals surface area (Å²) in [7, 11) is 1.54. The molecule has 0 bridgehead atoms. The van der Waals surface area contributed by atoms with Crippen molar-refractivity contribution in [2.24, 2.45) is 56.7 Å². The van der Waals surface area contributed by atoms with E-state index < -0.39 is 121 Å². The Morgan fingerprint density at radius 2 is 0.864 bits per heavy atom. The van der Waals surface area contributed by atoms with Gasteiger partial charge in [0.2, 0.25) is 0 Å². The molecule has 5 aliphatic carbocycles. The minimum Gasteiger partial charge on any atom is -0.469 e. The number of ether oxygens (including phenoxy) is 11. The highest BCUT2D eigenvalue weighted by Gasteiger charge is 2.70. The Morgan fingerprint density at radius 3 is 1.33 bits per heavy atom. The van der Waals surface area contributed by atoms with Gasteiger partial charge < -0.3 is 52.1 Å². The van der Waals surface area contributed by atoms with Gasteiger partial charge in [0.25, 0.3) is 0 Å². The van der Waals surface area contributed by atoms with E-state index in [1.54, 1.807) is 172 Å². The molecule has 0 aromatic heterocycles. The zero-order valence-electron chi connectivity index (χ0n) is 60.1. The fourth-order valence-corrected chi connectivity index (χ4v) is 19.3. The van der Waals surface area contributed by atoms with Crippen molar-refractivity contribution in [2.45, 2.75) is 181 Å². The molecule has 103 heavy (non-hydrogen) atoms. The fourth-order valence-electron chi connectivity index (χ4n) is 19.3. The second-order valence-electron chi connectivity index (χ2n) is 30.8. The van der Waals surface area contributed by atoms with Gasteiger partial charge in [-0.05, 0) is 189 Å². The molecule has 542 valence electrons. The number of methoxy groups -OCH3 is 1. The lowest BCUT2D eigenvalue weighted by atomic mass is 9.33. The lowest BCUT2D eigenvalue weighted by molar-refractivity contribution is -0.363. The SMILES string of the molecule is COC(=O)[C@]12CC[C@@H](C)[C@H](C)[C@H]1C1=CC[C@@H]3[C@@]4(C)CC[C@H](O[C@@H]5O[C@H](COC(=O)c6ccccc6)[C@@H](O[C@@H]6O[C@@H](C)[C@H](OC(=O)c7ccccc7)[C@@H](OC(=O)c7ccccc7)[C@H]6OC(=O)c6ccccc6)[C@H](OC(=O)c6ccccc6)[C@H]5OC(=O)c5ccccc5)C(C)(C)[C@@H]4CC[C@@]3(C)[C@]1(C)CC2. The van der Waals surface area contributed by atoms with E-state index in [1.165, 1.54) is 29.8 Å². The zero-order chi connectivity index (χ0) is 72.6. The Balaban J connectivity index is 0.901. The monoisotopic (exact) mass is 1400 g/mol. The summed E-state index contributed by atoms with van der Waals surface area (Å²) in [5.74, 6) is -4.00. The third-order valence-corrected chi connectivity index (χ3v) is 25.1. The van der Waals surface area contributed by atoms with Crippen molar-refractivity contribution in [1.82, 2.24) is 0 Å². The summed E-state index contributed by atoms with van der Waals surface area (Å²) in [6, 6.07) is 49.0. The van der Waals surface area contributed by atoms with Gasteiger partial charge in [-0.15, -0.1) is 0 Å². The number of fused-ring (bicyclic) bond motifs is 7. The fraction of sp³-hybridized carbons (Fsp3) is 0.471. The summed E-state index contributed by atoms with van der Waals surface area (Å²) < 4.78 is 73.4. The van der Waals surface area contributed by atoms with E-state index in [9.17, 15) is 24.0 Å². The molecule has 2 saturated heterocycles. The average Bonchev–Trinajstić information content (AvgIpc) is 0.675. The number of hydrogen-bond donors (Lipinski definition) is 0. The molecule has 2 heterocycles. The largest absolute Gasteiger partial charge is 0.469 e. The minimum atomic E-state index is -1.86. The van der Waals surface area contributed by atoms with Gasteiger partial charge in [-0.25, -0.2) is 28.8 Å². The smallest absolute Gasteiger partial charge is 0.338 e. The van der Waals surface area contributed by atoms with Gasteiger partial charge in [-0.1, -0.05) is 169 Å². The van der Waals surface area contributed by atoms with Crippen LogP contribution in [-0.2, 0) is 56.9 Å². The predicted octanol–water partition coefficient (Wildman–Crippen LogP) is 15.0. The molecule has 20 atom stereocenters. The highest BCUT2D eigenvalue weighted by Crippen LogP contribution is 2.76. The van der Waals surface area contributed by atoms with Gasteiger partial charge in [-0.2, -0.15) is 0 Å². The maximum absolute atomic E-state index is 15.2. The van der Waals surface area contributed by atoms with Crippen LogP contribution in [-0.4, -0.2) is 123 Å². The van der Waals surface area contributed by atoms with Gasteiger partial charge >= 0.3 is 41.8 Å². The number of carbonyl (C=O) groups is 7. The summed E-state index contributed by atoms with van der Waals surface area (Å²) in [6.45, 7) is 17.6. The van der Waals surface area contributed by atoms with E-state index >= 15 is 9.59 Å². The van der Waals surface area contributed by atoms with Gasteiger partial charge in [0, 0.05) is 0 Å². The number of allylic oxidation sites excluding steroid dienone is 2. The predicted molar refractivity (Wildman–Crippen MR) is 379 cm³/mol. The first-order valence-corrected chi connectivity index (χ1v) is 36.4. The molecule has 7 aliphatic rings. The number of esters is 7. The van der Waals surface area contributed by atoms with E-state index in [0.717, 1.165) is 51.4 Å². The molecule has 18 nitrogen and oxygen atoms in total. The summed E-state index contributed by atoms with van der Waals surface area (Å²) in [4.78, 5) is 102. The van der Waals surface area contributed by atoms with Crippen LogP contribution in [0.25, 0.3) is 0 Å². The third-order valence-electron chi connectivity index (χ3n) is 25.1. The van der Waals surface area contributed by atoms with Crippen molar-refractivity contribution in [3.05, 3.63) is 227 Å². The van der Waals surface area contributed by atoms with Crippen molar-refractivity contribution < 1.29 is 85.7 Å². The van der Waals surface area contributed by atoms with Gasteiger partial charge in [0.1, 0.15) is 18.8 Å². The molecule has 18 heteroatoms. The minimum absolute atomic E-state index is 0.0770. The van der Waals surface area contributed by atoms with Gasteiger partial charge in [0.15, 0.2) is 43.1 Å². The van der Waals surface area contributed by atoms with Crippen LogP contribution in [0.3, 0.4) is 0 Å². The standard InChI is InChI=1S/C85H94O18/c1-51-42-47-85(80(92)93-9)49-48-83(7)60(65(85)52(51)2)40-41-63-82(6)45-44-64(81(4,5)62(82)43-46-84(63,83)8)97-79-71(102-77(91)59-38-26-15-27-39-59)69(100-75(89)57-34-22-13-23-35-57)67(61(96-79)50-94-72(86)54-28-16-10-17-29-54)103-78-70(101-76(90)58-36-24-14-25-37-58)68(99-74(88)56-32-20-12-21-33-56)66(53(3)95-78)98-73(87)55-30-18-11-19-31-55/h10-40,51-53,61-71,78-79H,41-50H2,1-9H3/t51-,52+,53+,61-,62+,63-,64+,65+,66+,67-,68-,69+,70-,71-,78+,79+,82+,83-,84-,85+/m1/s1. The Kier molecular flexibility index (Phi) is 20.9. The highest BCUT2D eigenvalue weighted by atomic mass is 16.8. The molecule has 0 spiro atoms. The average molecular weight is 1400 g/mol. The first-order chi connectivity index (χ1) is 49.5. The van der Waals surface area contributed by atoms with Crippen LogP contribution in [0.4, 0.5) is 0 Å². The van der Waals surface area contributed by atoms with Crippen LogP contribution in [0.2, 0.25) is 0 Å². The van der Waals surface area contributed by atoms with Crippen molar-refractivity contribution in [3.63, 3.8) is 0 Å². The first-order valence-electron chi connectivity index (χ1n) is 36.4. The van der Waals surface area contributed by atoms with Crippen molar-refractivity contribution >= 4 is 41.8 Å². The molecular weight excluding hydrogens is 1310 g/mol. The molecule has 0 N–H and O–H groups in total. The van der Waals surface area contributed by atoms with Crippen molar-refractivity contribution in [2.75, 3.05) is 13.7 Å². The van der Waals surface area contributed by atoms with E-state index in [0.29, 0.717) is 18.3 Å². The molecule has 4 saturated carbocycles. The van der Waals surface area contributed by atoms with E-state index in [4.69, 9.17) is 52.1 Å². The molecular formula is C85H94O18. The van der Waals surface area contributed by atoms with Crippen molar-refractivity contribution in [1.29, 1.82) is 0 Å². The number of benzene rings is 6. The lowest BCUT2D eigenvalue weighted by Gasteiger charge is -2.71. The van der Waals surface area contributed by atoms with Crippen LogP contribution in [0.1, 0.15) is 175 Å². The van der Waals surface area contributed by atoms with Gasteiger partial charge in [0.05, 0.1) is 58.1 Å². The number of rotatable bonds is 18. The van der Waals surface area contributed by atoms with Crippen LogP contribution in [0, 0.1) is 56.7 Å². The molecule has 6 aromatic carbocycles. The molecule has 6 aromatic rings. The normalized spacial score (nSPS) is 34.1. The molecule has 6 fully saturated rings. The number of carbonyl (C=O) groups excluding carboxylic acids is 7. The summed E-state index contributed by atoms with van der Waals surface area (Å²) in [5.41, 5.74) is 0.550. The summed E-state index contributed by atoms with van der Waals surface area (Å²) in [6.07, 6.45) is -7.06. The third kappa shape index (κ3) is 13.8. The van der Waals surface area contributed by atoms with Gasteiger partial charge in [-0.3, -0.25) is 4.79 Å². The quantitative estimate of drug-likeness (QED) is 0.0338. The lowest BCUT2D eigenvalue weighted by Crippen LogP contribution is -2.68. The Hall–Kier alpha value is -8.81. The number of hydrogen-bond acceptors (Lipinski definition) is 18. The Labute approximate surface area is 602 Å². The Morgan fingerprint density at radius 1 is 0.437 bits per heavy atom. The molecule has 2 aliphatic heterocycles. The first kappa shape index (κ1) is 72.5. The second kappa shape index (κ2) is 29.7. The Bertz CT molecular complexity index is 4060. The zero-order valence-corrected chi connectivity index (χ0v) is 60.1. The van der Waals surface area contributed by atoms with Crippen LogP contribution in [0.5, 0.6) is 0 Å². The highest BCUT2D eigenvalue weighted by molar-refractivity contribution is 5.93. The molecule has 13 rings (SSSR count). The maximum Gasteiger partial charge on any atom is 0.338 e. The van der Waals surface area contributed by atoms with Crippen LogP contribution < -0.4 is 0 Å². The second-order valence-corrected chi connectivity index (χ2v) is 30.8. The molecule has 0 amide bonds. The summed E-state index contributed by atoms with van der Waals surface area (Å²) in [5, 5.41) is 0. The van der Waals surface area contributed by atoms with E-state index in [1.807, 2.05) is 0 Å².